The number of likely N-dealkylation sites (N-methyl/N-ethyl adjacent to an activating group) is 1. The summed E-state index contributed by atoms with van der Waals surface area (Å²) in [6, 6.07) is 5.86. The molecule has 2 N–H and O–H groups in total. The topological polar surface area (TPSA) is 78.4 Å². The molecule has 1 aromatic rings. The maximum atomic E-state index is 12.3. The molecule has 0 bridgehead atoms. The highest BCUT2D eigenvalue weighted by Gasteiger charge is 2.30. The monoisotopic (exact) mass is 547 g/mol. The number of aliphatic imine (C=N–C) groups is 1. The fourth-order valence-corrected chi connectivity index (χ4v) is 3.65. The van der Waals surface area contributed by atoms with Crippen LogP contribution in [0.25, 0.3) is 0 Å². The van der Waals surface area contributed by atoms with Crippen LogP contribution in [0.15, 0.2) is 23.2 Å². The van der Waals surface area contributed by atoms with Crippen LogP contribution in [0.1, 0.15) is 31.7 Å². The van der Waals surface area contributed by atoms with E-state index in [0.717, 1.165) is 57.0 Å². The van der Waals surface area contributed by atoms with Gasteiger partial charge in [0.15, 0.2) is 17.5 Å². The molecule has 1 aliphatic rings. The average molecular weight is 547 g/mol. The Morgan fingerprint density at radius 1 is 1.23 bits per heavy atom. The molecule has 1 unspecified atom stereocenters. The largest absolute Gasteiger partial charge is 0.493 e. The second-order valence-electron chi connectivity index (χ2n) is 7.59. The van der Waals surface area contributed by atoms with Gasteiger partial charge in [-0.2, -0.15) is 0 Å². The molecular formula is C22H38IN5O3. The number of carbonyl (C=O) groups excluding carboxylic acids is 1. The predicted octanol–water partition coefficient (Wildman–Crippen LogP) is 2.32. The van der Waals surface area contributed by atoms with Crippen LogP contribution in [0.5, 0.6) is 11.5 Å². The van der Waals surface area contributed by atoms with E-state index in [4.69, 9.17) is 9.47 Å². The van der Waals surface area contributed by atoms with Crippen molar-refractivity contribution in [2.75, 3.05) is 54.5 Å². The quantitative estimate of drug-likeness (QED) is 0.203. The number of benzene rings is 1. The molecular weight excluding hydrogens is 509 g/mol. The second-order valence-corrected chi connectivity index (χ2v) is 7.59. The van der Waals surface area contributed by atoms with E-state index < -0.39 is 0 Å². The van der Waals surface area contributed by atoms with Crippen LogP contribution >= 0.6 is 24.0 Å². The van der Waals surface area contributed by atoms with Gasteiger partial charge in [-0.15, -0.1) is 24.0 Å². The Morgan fingerprint density at radius 2 is 1.97 bits per heavy atom. The first-order chi connectivity index (χ1) is 14.5. The summed E-state index contributed by atoms with van der Waals surface area (Å²) in [4.78, 5) is 21.0. The van der Waals surface area contributed by atoms with E-state index in [0.29, 0.717) is 18.0 Å². The molecule has 9 heteroatoms. The highest BCUT2D eigenvalue weighted by Crippen LogP contribution is 2.27. The van der Waals surface area contributed by atoms with Crippen molar-refractivity contribution in [3.05, 3.63) is 23.8 Å². The van der Waals surface area contributed by atoms with Gasteiger partial charge in [-0.25, -0.2) is 4.99 Å². The number of carbonyl (C=O) groups is 1. The number of guanidine groups is 1. The third-order valence-corrected chi connectivity index (χ3v) is 5.22. The van der Waals surface area contributed by atoms with E-state index in [1.165, 1.54) is 0 Å². The number of amides is 1. The fourth-order valence-electron chi connectivity index (χ4n) is 3.65. The van der Waals surface area contributed by atoms with Crippen LogP contribution in [-0.2, 0) is 11.3 Å². The summed E-state index contributed by atoms with van der Waals surface area (Å²) in [5.74, 6) is 2.42. The van der Waals surface area contributed by atoms with Crippen LogP contribution in [0.2, 0.25) is 0 Å². The molecule has 1 aliphatic heterocycles. The van der Waals surface area contributed by atoms with E-state index in [1.807, 2.05) is 32.3 Å². The number of rotatable bonds is 10. The summed E-state index contributed by atoms with van der Waals surface area (Å²) in [6.07, 6.45) is 3.00. The normalized spacial score (nSPS) is 16.4. The first-order valence-electron chi connectivity index (χ1n) is 10.7. The van der Waals surface area contributed by atoms with Gasteiger partial charge in [-0.3, -0.25) is 9.69 Å². The Balaban J connectivity index is 0.00000480. The van der Waals surface area contributed by atoms with Crippen LogP contribution in [0.4, 0.5) is 0 Å². The molecule has 0 saturated carbocycles. The first kappa shape index (κ1) is 27.3. The third-order valence-electron chi connectivity index (χ3n) is 5.22. The van der Waals surface area contributed by atoms with E-state index in [9.17, 15) is 4.79 Å². The SMILES string of the molecule is CCNC(=NCc1ccc(OC)c(OC)c1)NCCCN1CCCC1C(=O)N(C)C.I. The summed E-state index contributed by atoms with van der Waals surface area (Å²) in [6.45, 7) is 6.10. The van der Waals surface area contributed by atoms with Crippen molar-refractivity contribution in [3.8, 4) is 11.5 Å². The highest BCUT2D eigenvalue weighted by atomic mass is 127. The number of likely N-dealkylation sites (tertiary alicyclic amines) is 1. The Hall–Kier alpha value is -1.75. The Morgan fingerprint density at radius 3 is 2.61 bits per heavy atom. The molecule has 0 aromatic heterocycles. The van der Waals surface area contributed by atoms with Gasteiger partial charge in [0, 0.05) is 33.7 Å². The molecule has 0 aliphatic carbocycles. The number of hydrogen-bond donors (Lipinski definition) is 2. The molecule has 0 spiro atoms. The summed E-state index contributed by atoms with van der Waals surface area (Å²) < 4.78 is 10.6. The molecule has 1 aromatic carbocycles. The second kappa shape index (κ2) is 14.3. The van der Waals surface area contributed by atoms with Crippen molar-refractivity contribution in [1.29, 1.82) is 0 Å². The lowest BCUT2D eigenvalue weighted by Crippen LogP contribution is -2.44. The smallest absolute Gasteiger partial charge is 0.239 e. The molecule has 1 amide bonds. The van der Waals surface area contributed by atoms with Crippen molar-refractivity contribution in [3.63, 3.8) is 0 Å². The fraction of sp³-hybridized carbons (Fsp3) is 0.636. The minimum absolute atomic E-state index is 0. The van der Waals surface area contributed by atoms with Gasteiger partial charge in [0.2, 0.25) is 5.91 Å². The Kier molecular flexibility index (Phi) is 12.6. The molecule has 1 saturated heterocycles. The van der Waals surface area contributed by atoms with Gasteiger partial charge in [0.25, 0.3) is 0 Å². The molecule has 31 heavy (non-hydrogen) atoms. The number of nitrogens with one attached hydrogen (secondary N) is 2. The number of hydrogen-bond acceptors (Lipinski definition) is 5. The van der Waals surface area contributed by atoms with Crippen molar-refractivity contribution < 1.29 is 14.3 Å². The van der Waals surface area contributed by atoms with Crippen molar-refractivity contribution >= 4 is 35.8 Å². The van der Waals surface area contributed by atoms with Gasteiger partial charge in [-0.05, 0) is 50.4 Å². The number of halogens is 1. The molecule has 0 radical (unpaired) electrons. The molecule has 1 atom stereocenters. The molecule has 8 nitrogen and oxygen atoms in total. The molecule has 1 heterocycles. The lowest BCUT2D eigenvalue weighted by Gasteiger charge is -2.26. The van der Waals surface area contributed by atoms with Crippen LogP contribution < -0.4 is 20.1 Å². The van der Waals surface area contributed by atoms with Crippen molar-refractivity contribution in [2.45, 2.75) is 38.8 Å². The zero-order valence-corrected chi connectivity index (χ0v) is 21.8. The third kappa shape index (κ3) is 8.36. The summed E-state index contributed by atoms with van der Waals surface area (Å²) in [7, 11) is 6.92. The minimum atomic E-state index is 0. The van der Waals surface area contributed by atoms with Gasteiger partial charge in [0.05, 0.1) is 26.8 Å². The average Bonchev–Trinajstić information content (AvgIpc) is 3.22. The van der Waals surface area contributed by atoms with Crippen molar-refractivity contribution in [1.82, 2.24) is 20.4 Å². The van der Waals surface area contributed by atoms with Gasteiger partial charge in [0.1, 0.15) is 0 Å². The van der Waals surface area contributed by atoms with E-state index >= 15 is 0 Å². The lowest BCUT2D eigenvalue weighted by atomic mass is 10.2. The van der Waals surface area contributed by atoms with E-state index in [1.54, 1.807) is 19.1 Å². The van der Waals surface area contributed by atoms with E-state index in [2.05, 4.69) is 27.4 Å². The lowest BCUT2D eigenvalue weighted by molar-refractivity contribution is -0.133. The number of nitrogens with zero attached hydrogens (tertiary/aromatic N) is 3. The Bertz CT molecular complexity index is 714. The summed E-state index contributed by atoms with van der Waals surface area (Å²) in [5.41, 5.74) is 1.05. The summed E-state index contributed by atoms with van der Waals surface area (Å²) >= 11 is 0. The predicted molar refractivity (Wildman–Crippen MR) is 136 cm³/mol. The van der Waals surface area contributed by atoms with Crippen LogP contribution in [-0.4, -0.2) is 82.2 Å². The zero-order valence-electron chi connectivity index (χ0n) is 19.4. The van der Waals surface area contributed by atoms with Gasteiger partial charge < -0.3 is 25.0 Å². The van der Waals surface area contributed by atoms with Crippen LogP contribution in [0.3, 0.4) is 0 Å². The van der Waals surface area contributed by atoms with Crippen molar-refractivity contribution in [2.24, 2.45) is 4.99 Å². The molecule has 1 fully saturated rings. The maximum absolute atomic E-state index is 12.3. The number of ether oxygens (including phenoxy) is 2. The number of methoxy groups -OCH3 is 2. The molecule has 2 rings (SSSR count). The van der Waals surface area contributed by atoms with Crippen LogP contribution in [0, 0.1) is 0 Å². The van der Waals surface area contributed by atoms with Gasteiger partial charge >= 0.3 is 0 Å². The standard InChI is InChI=1S/C22H37N5O3.HI/c1-6-23-22(25-16-17-10-11-19(29-4)20(15-17)30-5)24-12-8-14-27-13-7-9-18(27)21(28)26(2)3;/h10-11,15,18H,6-9,12-14,16H2,1-5H3,(H2,23,24,25);1H. The zero-order chi connectivity index (χ0) is 21.9. The maximum Gasteiger partial charge on any atom is 0.239 e. The first-order valence-corrected chi connectivity index (χ1v) is 10.7. The highest BCUT2D eigenvalue weighted by molar-refractivity contribution is 14.0. The molecule has 176 valence electrons. The van der Waals surface area contributed by atoms with Gasteiger partial charge in [-0.1, -0.05) is 6.07 Å². The van der Waals surface area contributed by atoms with E-state index in [-0.39, 0.29) is 35.9 Å². The Labute approximate surface area is 203 Å². The summed E-state index contributed by atoms with van der Waals surface area (Å²) in [5, 5.41) is 6.68. The minimum Gasteiger partial charge on any atom is -0.493 e.